The molecular weight excluding hydrogens is 292 g/mol. The molecule has 5 nitrogen and oxygen atoms in total. The van der Waals surface area contributed by atoms with Gasteiger partial charge in [-0.05, 0) is 36.5 Å². The Morgan fingerprint density at radius 2 is 2.00 bits per heavy atom. The van der Waals surface area contributed by atoms with E-state index >= 15 is 0 Å². The highest BCUT2D eigenvalue weighted by Gasteiger charge is 2.12. The molecule has 1 aromatic carbocycles. The summed E-state index contributed by atoms with van der Waals surface area (Å²) in [6, 6.07) is 5.25. The third kappa shape index (κ3) is 6.91. The highest BCUT2D eigenvalue weighted by Crippen LogP contribution is 2.28. The van der Waals surface area contributed by atoms with E-state index in [1.165, 1.54) is 0 Å². The second kappa shape index (κ2) is 10.1. The molecular formula is C18H30N2O3. The zero-order valence-electron chi connectivity index (χ0n) is 14.7. The number of nitrogens with two attached hydrogens (primary N) is 1. The van der Waals surface area contributed by atoms with Gasteiger partial charge in [0.05, 0.1) is 19.8 Å². The predicted octanol–water partition coefficient (Wildman–Crippen LogP) is 2.86. The van der Waals surface area contributed by atoms with Crippen molar-refractivity contribution < 1.29 is 14.3 Å². The minimum absolute atomic E-state index is 0.122. The standard InChI is InChI=1S/C18H30N2O3/c1-5-6-15(19)18(21)20-12-14-7-8-16(17(11-14)22-4)23-10-9-13(2)3/h7-8,11,13,15H,5-6,9-10,12,19H2,1-4H3,(H,20,21). The van der Waals surface area contributed by atoms with E-state index in [1.54, 1.807) is 7.11 Å². The van der Waals surface area contributed by atoms with Gasteiger partial charge in [-0.15, -0.1) is 0 Å². The third-order valence-corrected chi connectivity index (χ3v) is 3.58. The number of carbonyl (C=O) groups excluding carboxylic acids is 1. The number of hydrogen-bond acceptors (Lipinski definition) is 4. The van der Waals surface area contributed by atoms with Crippen LogP contribution in [0, 0.1) is 5.92 Å². The smallest absolute Gasteiger partial charge is 0.237 e. The number of methoxy groups -OCH3 is 1. The molecule has 0 bridgehead atoms. The molecule has 3 N–H and O–H groups in total. The summed E-state index contributed by atoms with van der Waals surface area (Å²) in [5, 5.41) is 2.85. The van der Waals surface area contributed by atoms with E-state index in [0.717, 1.165) is 24.2 Å². The summed E-state index contributed by atoms with van der Waals surface area (Å²) < 4.78 is 11.1. The molecule has 0 aliphatic rings. The van der Waals surface area contributed by atoms with Gasteiger partial charge in [0.15, 0.2) is 11.5 Å². The fourth-order valence-electron chi connectivity index (χ4n) is 2.11. The summed E-state index contributed by atoms with van der Waals surface area (Å²) in [4.78, 5) is 11.8. The first-order valence-corrected chi connectivity index (χ1v) is 8.30. The van der Waals surface area contributed by atoms with Crippen molar-refractivity contribution in [3.8, 4) is 11.5 Å². The van der Waals surface area contributed by atoms with E-state index in [4.69, 9.17) is 15.2 Å². The molecule has 0 saturated carbocycles. The number of rotatable bonds is 10. The van der Waals surface area contributed by atoms with Crippen molar-refractivity contribution in [2.24, 2.45) is 11.7 Å². The van der Waals surface area contributed by atoms with Crippen molar-refractivity contribution in [3.05, 3.63) is 23.8 Å². The van der Waals surface area contributed by atoms with Crippen LogP contribution in [0.3, 0.4) is 0 Å². The van der Waals surface area contributed by atoms with Crippen molar-refractivity contribution in [1.82, 2.24) is 5.32 Å². The number of benzene rings is 1. The first-order chi connectivity index (χ1) is 11.0. The molecule has 0 heterocycles. The van der Waals surface area contributed by atoms with E-state index in [9.17, 15) is 4.79 Å². The average Bonchev–Trinajstić information content (AvgIpc) is 2.53. The highest BCUT2D eigenvalue weighted by molar-refractivity contribution is 5.81. The van der Waals surface area contributed by atoms with Gasteiger partial charge in [-0.3, -0.25) is 4.79 Å². The summed E-state index contributed by atoms with van der Waals surface area (Å²) in [6.45, 7) is 7.43. The van der Waals surface area contributed by atoms with Crippen LogP contribution in [0.1, 0.15) is 45.6 Å². The van der Waals surface area contributed by atoms with Crippen LogP contribution in [0.15, 0.2) is 18.2 Å². The van der Waals surface area contributed by atoms with Crippen molar-refractivity contribution in [3.63, 3.8) is 0 Å². The third-order valence-electron chi connectivity index (χ3n) is 3.58. The maximum absolute atomic E-state index is 11.8. The van der Waals surface area contributed by atoms with Crippen molar-refractivity contribution in [2.75, 3.05) is 13.7 Å². The highest BCUT2D eigenvalue weighted by atomic mass is 16.5. The normalized spacial score (nSPS) is 12.1. The SMILES string of the molecule is CCCC(N)C(=O)NCc1ccc(OCCC(C)C)c(OC)c1. The van der Waals surface area contributed by atoms with Gasteiger partial charge in [0, 0.05) is 6.54 Å². The molecule has 5 heteroatoms. The van der Waals surface area contributed by atoms with E-state index in [2.05, 4.69) is 19.2 Å². The van der Waals surface area contributed by atoms with E-state index < -0.39 is 6.04 Å². The summed E-state index contributed by atoms with van der Waals surface area (Å²) in [7, 11) is 1.62. The molecule has 1 rings (SSSR count). The van der Waals surface area contributed by atoms with Crippen LogP contribution in [-0.2, 0) is 11.3 Å². The van der Waals surface area contributed by atoms with Crippen LogP contribution in [0.4, 0.5) is 0 Å². The Morgan fingerprint density at radius 3 is 2.61 bits per heavy atom. The fourth-order valence-corrected chi connectivity index (χ4v) is 2.11. The lowest BCUT2D eigenvalue weighted by Gasteiger charge is -2.14. The number of carbonyl (C=O) groups is 1. The van der Waals surface area contributed by atoms with E-state index in [0.29, 0.717) is 31.2 Å². The Kier molecular flexibility index (Phi) is 8.48. The molecule has 0 saturated heterocycles. The summed E-state index contributed by atoms with van der Waals surface area (Å²) in [6.07, 6.45) is 2.58. The average molecular weight is 322 g/mol. The molecule has 1 atom stereocenters. The Balaban J connectivity index is 2.59. The van der Waals surface area contributed by atoms with Crippen LogP contribution in [0.2, 0.25) is 0 Å². The molecule has 0 aliphatic carbocycles. The van der Waals surface area contributed by atoms with Crippen molar-refractivity contribution in [2.45, 2.75) is 52.6 Å². The first kappa shape index (κ1) is 19.3. The minimum Gasteiger partial charge on any atom is -0.493 e. The summed E-state index contributed by atoms with van der Waals surface area (Å²) in [5.74, 6) is 1.88. The number of ether oxygens (including phenoxy) is 2. The molecule has 1 amide bonds. The molecule has 23 heavy (non-hydrogen) atoms. The minimum atomic E-state index is -0.444. The number of hydrogen-bond donors (Lipinski definition) is 2. The Labute approximate surface area is 139 Å². The van der Waals surface area contributed by atoms with Crippen LogP contribution in [-0.4, -0.2) is 25.7 Å². The Morgan fingerprint density at radius 1 is 1.26 bits per heavy atom. The monoisotopic (exact) mass is 322 g/mol. The lowest BCUT2D eigenvalue weighted by molar-refractivity contribution is -0.122. The maximum Gasteiger partial charge on any atom is 0.237 e. The van der Waals surface area contributed by atoms with Gasteiger partial charge in [0.1, 0.15) is 0 Å². The van der Waals surface area contributed by atoms with E-state index in [-0.39, 0.29) is 5.91 Å². The van der Waals surface area contributed by atoms with Crippen molar-refractivity contribution >= 4 is 5.91 Å². The lowest BCUT2D eigenvalue weighted by Crippen LogP contribution is -2.40. The van der Waals surface area contributed by atoms with Crippen molar-refractivity contribution in [1.29, 1.82) is 0 Å². The second-order valence-electron chi connectivity index (χ2n) is 6.13. The Hall–Kier alpha value is -1.75. The topological polar surface area (TPSA) is 73.6 Å². The van der Waals surface area contributed by atoms with Gasteiger partial charge in [-0.2, -0.15) is 0 Å². The van der Waals surface area contributed by atoms with Crippen LogP contribution in [0.25, 0.3) is 0 Å². The van der Waals surface area contributed by atoms with Gasteiger partial charge >= 0.3 is 0 Å². The summed E-state index contributed by atoms with van der Waals surface area (Å²) in [5.41, 5.74) is 6.75. The van der Waals surface area contributed by atoms with Crippen LogP contribution in [0.5, 0.6) is 11.5 Å². The van der Waals surface area contributed by atoms with Crippen LogP contribution < -0.4 is 20.5 Å². The molecule has 0 radical (unpaired) electrons. The van der Waals surface area contributed by atoms with Gasteiger partial charge in [0.2, 0.25) is 5.91 Å². The second-order valence-corrected chi connectivity index (χ2v) is 6.13. The van der Waals surface area contributed by atoms with Gasteiger partial charge < -0.3 is 20.5 Å². The number of amides is 1. The summed E-state index contributed by atoms with van der Waals surface area (Å²) >= 11 is 0. The van der Waals surface area contributed by atoms with Gasteiger partial charge in [-0.1, -0.05) is 33.3 Å². The Bertz CT molecular complexity index is 489. The largest absolute Gasteiger partial charge is 0.493 e. The first-order valence-electron chi connectivity index (χ1n) is 8.30. The zero-order chi connectivity index (χ0) is 17.2. The van der Waals surface area contributed by atoms with E-state index in [1.807, 2.05) is 25.1 Å². The van der Waals surface area contributed by atoms with Gasteiger partial charge in [0.25, 0.3) is 0 Å². The lowest BCUT2D eigenvalue weighted by atomic mass is 10.1. The predicted molar refractivity (Wildman–Crippen MR) is 92.7 cm³/mol. The zero-order valence-corrected chi connectivity index (χ0v) is 14.7. The molecule has 0 spiro atoms. The number of nitrogens with one attached hydrogen (secondary N) is 1. The molecule has 0 fully saturated rings. The molecule has 1 aromatic rings. The molecule has 130 valence electrons. The molecule has 1 unspecified atom stereocenters. The quantitative estimate of drug-likeness (QED) is 0.695. The molecule has 0 aliphatic heterocycles. The van der Waals surface area contributed by atoms with Gasteiger partial charge in [-0.25, -0.2) is 0 Å². The molecule has 0 aromatic heterocycles. The van der Waals surface area contributed by atoms with Crippen LogP contribution >= 0.6 is 0 Å². The maximum atomic E-state index is 11.8. The fraction of sp³-hybridized carbons (Fsp3) is 0.611.